The Labute approximate surface area is 115 Å². The molecule has 0 spiro atoms. The summed E-state index contributed by atoms with van der Waals surface area (Å²) in [7, 11) is 0. The maximum absolute atomic E-state index is 11.6. The van der Waals surface area contributed by atoms with E-state index in [2.05, 4.69) is 15.2 Å². The van der Waals surface area contributed by atoms with E-state index in [1.807, 2.05) is 26.0 Å². The smallest absolute Gasteiger partial charge is 0.324 e. The van der Waals surface area contributed by atoms with E-state index in [9.17, 15) is 4.79 Å². The van der Waals surface area contributed by atoms with Crippen molar-refractivity contribution >= 4 is 11.8 Å². The molecule has 7 heteroatoms. The second kappa shape index (κ2) is 6.03. The van der Waals surface area contributed by atoms with Crippen LogP contribution in [-0.4, -0.2) is 19.7 Å². The highest BCUT2D eigenvalue weighted by molar-refractivity contribution is 7.99. The first-order valence-electron chi connectivity index (χ1n) is 6.17. The van der Waals surface area contributed by atoms with Gasteiger partial charge in [-0.05, 0) is 31.2 Å². The molecular formula is C12H17N5OS. The molecule has 0 saturated heterocycles. The zero-order valence-corrected chi connectivity index (χ0v) is 11.8. The fraction of sp³-hybridized carbons (Fsp3) is 0.417. The van der Waals surface area contributed by atoms with E-state index in [0.717, 1.165) is 17.0 Å². The van der Waals surface area contributed by atoms with Crippen LogP contribution in [0.25, 0.3) is 0 Å². The Balaban J connectivity index is 2.34. The van der Waals surface area contributed by atoms with Crippen LogP contribution in [0.2, 0.25) is 0 Å². The van der Waals surface area contributed by atoms with Gasteiger partial charge in [0.05, 0.1) is 0 Å². The second-order valence-electron chi connectivity index (χ2n) is 4.25. The molecule has 0 unspecified atom stereocenters. The van der Waals surface area contributed by atoms with E-state index < -0.39 is 0 Å². The summed E-state index contributed by atoms with van der Waals surface area (Å²) >= 11 is 1.36. The minimum absolute atomic E-state index is 0.110. The van der Waals surface area contributed by atoms with E-state index in [1.54, 1.807) is 10.8 Å². The third-order valence-electron chi connectivity index (χ3n) is 2.65. The zero-order valence-electron chi connectivity index (χ0n) is 11.0. The fourth-order valence-electron chi connectivity index (χ4n) is 1.72. The number of hydrogen-bond donors (Lipinski definition) is 2. The van der Waals surface area contributed by atoms with Gasteiger partial charge >= 0.3 is 5.69 Å². The molecule has 0 aromatic carbocycles. The highest BCUT2D eigenvalue weighted by atomic mass is 32.2. The minimum atomic E-state index is -0.192. The molecule has 1 atom stereocenters. The molecule has 0 aliphatic rings. The summed E-state index contributed by atoms with van der Waals surface area (Å²) in [5, 5.41) is 7.91. The zero-order chi connectivity index (χ0) is 13.8. The van der Waals surface area contributed by atoms with Gasteiger partial charge in [0, 0.05) is 24.3 Å². The molecule has 0 saturated carbocycles. The van der Waals surface area contributed by atoms with Gasteiger partial charge in [0.15, 0.2) is 5.16 Å². The van der Waals surface area contributed by atoms with Crippen molar-refractivity contribution in [1.29, 1.82) is 0 Å². The van der Waals surface area contributed by atoms with Crippen molar-refractivity contribution < 1.29 is 0 Å². The summed E-state index contributed by atoms with van der Waals surface area (Å²) < 4.78 is 1.62. The first kappa shape index (κ1) is 13.8. The molecule has 0 radical (unpaired) electrons. The van der Waals surface area contributed by atoms with Gasteiger partial charge in [0.25, 0.3) is 0 Å². The molecule has 2 rings (SSSR count). The Morgan fingerprint density at radius 1 is 1.58 bits per heavy atom. The van der Waals surface area contributed by atoms with Crippen molar-refractivity contribution in [2.75, 3.05) is 0 Å². The van der Waals surface area contributed by atoms with Crippen molar-refractivity contribution in [1.82, 2.24) is 19.7 Å². The van der Waals surface area contributed by atoms with Gasteiger partial charge in [-0.1, -0.05) is 13.0 Å². The SMILES string of the molecule is CCCn1c(Sc2ncccc2[C@@H](C)N)n[nH]c1=O. The molecule has 2 heterocycles. The lowest BCUT2D eigenvalue weighted by atomic mass is 10.2. The second-order valence-corrected chi connectivity index (χ2v) is 5.21. The van der Waals surface area contributed by atoms with Gasteiger partial charge in [0.1, 0.15) is 5.03 Å². The van der Waals surface area contributed by atoms with E-state index >= 15 is 0 Å². The van der Waals surface area contributed by atoms with Crippen molar-refractivity contribution in [3.05, 3.63) is 34.4 Å². The van der Waals surface area contributed by atoms with Gasteiger partial charge in [-0.25, -0.2) is 14.9 Å². The average Bonchev–Trinajstić information content (AvgIpc) is 2.72. The lowest BCUT2D eigenvalue weighted by Gasteiger charge is -2.10. The number of rotatable bonds is 5. The number of nitrogens with one attached hydrogen (secondary N) is 1. The van der Waals surface area contributed by atoms with Gasteiger partial charge in [-0.15, -0.1) is 5.10 Å². The molecule has 2 aromatic heterocycles. The quantitative estimate of drug-likeness (QED) is 0.866. The molecule has 0 aliphatic heterocycles. The molecule has 0 amide bonds. The Hall–Kier alpha value is -1.60. The van der Waals surface area contributed by atoms with Crippen LogP contribution in [-0.2, 0) is 6.54 Å². The van der Waals surface area contributed by atoms with E-state index in [1.165, 1.54) is 11.8 Å². The molecule has 2 aromatic rings. The summed E-state index contributed by atoms with van der Waals surface area (Å²) in [6, 6.07) is 3.68. The standard InChI is InChI=1S/C12H17N5OS/c1-3-7-17-11(18)15-16-12(17)19-10-9(8(2)13)5-4-6-14-10/h4-6,8H,3,7,13H2,1-2H3,(H,15,18)/t8-/m1/s1. The minimum Gasteiger partial charge on any atom is -0.324 e. The first-order valence-corrected chi connectivity index (χ1v) is 6.98. The van der Waals surface area contributed by atoms with E-state index in [0.29, 0.717) is 11.7 Å². The largest absolute Gasteiger partial charge is 0.343 e. The molecule has 6 nitrogen and oxygen atoms in total. The number of pyridine rings is 1. The highest BCUT2D eigenvalue weighted by Crippen LogP contribution is 2.28. The van der Waals surface area contributed by atoms with Crippen LogP contribution in [0.5, 0.6) is 0 Å². The topological polar surface area (TPSA) is 89.6 Å². The lowest BCUT2D eigenvalue weighted by molar-refractivity contribution is 0.603. The summed E-state index contributed by atoms with van der Waals surface area (Å²) in [5.41, 5.74) is 6.68. The maximum Gasteiger partial charge on any atom is 0.343 e. The Bertz CT molecular complexity index is 604. The Morgan fingerprint density at radius 3 is 3.05 bits per heavy atom. The maximum atomic E-state index is 11.6. The van der Waals surface area contributed by atoms with Crippen LogP contribution in [0.4, 0.5) is 0 Å². The number of H-pyrrole nitrogens is 1. The van der Waals surface area contributed by atoms with Gasteiger partial charge in [-0.3, -0.25) is 4.57 Å². The van der Waals surface area contributed by atoms with Crippen LogP contribution in [0.15, 0.2) is 33.3 Å². The number of aromatic nitrogens is 4. The fourth-order valence-corrected chi connectivity index (χ4v) is 2.76. The van der Waals surface area contributed by atoms with Crippen LogP contribution >= 0.6 is 11.8 Å². The molecule has 0 fully saturated rings. The van der Waals surface area contributed by atoms with E-state index in [-0.39, 0.29) is 11.7 Å². The monoisotopic (exact) mass is 279 g/mol. The molecule has 3 N–H and O–H groups in total. The normalized spacial score (nSPS) is 12.6. The van der Waals surface area contributed by atoms with Gasteiger partial charge in [0.2, 0.25) is 0 Å². The van der Waals surface area contributed by atoms with Crippen LogP contribution in [0.3, 0.4) is 0 Å². The molecule has 0 aliphatic carbocycles. The Morgan fingerprint density at radius 2 is 2.37 bits per heavy atom. The molecular weight excluding hydrogens is 262 g/mol. The van der Waals surface area contributed by atoms with Crippen LogP contribution in [0, 0.1) is 0 Å². The van der Waals surface area contributed by atoms with Crippen molar-refractivity contribution in [3.63, 3.8) is 0 Å². The van der Waals surface area contributed by atoms with Crippen LogP contribution in [0.1, 0.15) is 31.9 Å². The van der Waals surface area contributed by atoms with E-state index in [4.69, 9.17) is 5.73 Å². The van der Waals surface area contributed by atoms with Gasteiger partial charge < -0.3 is 5.73 Å². The summed E-state index contributed by atoms with van der Waals surface area (Å²) in [4.78, 5) is 15.9. The highest BCUT2D eigenvalue weighted by Gasteiger charge is 2.14. The number of hydrogen-bond acceptors (Lipinski definition) is 5. The lowest BCUT2D eigenvalue weighted by Crippen LogP contribution is -2.17. The van der Waals surface area contributed by atoms with Gasteiger partial charge in [-0.2, -0.15) is 0 Å². The number of nitrogens with two attached hydrogens (primary N) is 1. The molecule has 102 valence electrons. The van der Waals surface area contributed by atoms with Crippen molar-refractivity contribution in [2.24, 2.45) is 5.73 Å². The average molecular weight is 279 g/mol. The predicted octanol–water partition coefficient (Wildman–Crippen LogP) is 1.55. The summed E-state index contributed by atoms with van der Waals surface area (Å²) in [6.45, 7) is 4.56. The van der Waals surface area contributed by atoms with Crippen molar-refractivity contribution in [3.8, 4) is 0 Å². The Kier molecular flexibility index (Phi) is 4.39. The molecule has 19 heavy (non-hydrogen) atoms. The predicted molar refractivity (Wildman–Crippen MR) is 74.1 cm³/mol. The number of nitrogens with zero attached hydrogens (tertiary/aromatic N) is 3. The third kappa shape index (κ3) is 3.05. The van der Waals surface area contributed by atoms with Crippen molar-refractivity contribution in [2.45, 2.75) is 43.0 Å². The first-order chi connectivity index (χ1) is 9.13. The summed E-state index contributed by atoms with van der Waals surface area (Å²) in [6.07, 6.45) is 2.58. The van der Waals surface area contributed by atoms with Crippen LogP contribution < -0.4 is 11.4 Å². The molecule has 0 bridgehead atoms. The number of aromatic amines is 1. The summed E-state index contributed by atoms with van der Waals surface area (Å²) in [5.74, 6) is 0. The third-order valence-corrected chi connectivity index (χ3v) is 3.68.